The summed E-state index contributed by atoms with van der Waals surface area (Å²) in [6, 6.07) is 4.01. The molecule has 1 aromatic carbocycles. The highest BCUT2D eigenvalue weighted by Crippen LogP contribution is 2.38. The van der Waals surface area contributed by atoms with E-state index in [4.69, 9.17) is 0 Å². The predicted molar refractivity (Wildman–Crippen MR) is 95.3 cm³/mol. The molecule has 1 heteroatoms. The van der Waals surface area contributed by atoms with Gasteiger partial charge in [0.1, 0.15) is 5.75 Å². The molecule has 0 radical (unpaired) electrons. The maximum Gasteiger partial charge on any atom is 0.118 e. The molecule has 1 atom stereocenters. The van der Waals surface area contributed by atoms with Gasteiger partial charge < -0.3 is 5.11 Å². The molecule has 0 aliphatic heterocycles. The van der Waals surface area contributed by atoms with Crippen LogP contribution in [0, 0.1) is 13.8 Å². The Balaban J connectivity index is 2.60. The van der Waals surface area contributed by atoms with Gasteiger partial charge in [-0.2, -0.15) is 0 Å². The molecule has 2 rings (SSSR count). The summed E-state index contributed by atoms with van der Waals surface area (Å²) in [6.07, 6.45) is 12.2. The second-order valence-corrected chi connectivity index (χ2v) is 6.08. The van der Waals surface area contributed by atoms with Crippen molar-refractivity contribution in [1.29, 1.82) is 0 Å². The van der Waals surface area contributed by atoms with Crippen molar-refractivity contribution in [3.63, 3.8) is 0 Å². The molecular formula is C21H26O. The van der Waals surface area contributed by atoms with E-state index in [0.717, 1.165) is 17.5 Å². The van der Waals surface area contributed by atoms with Crippen LogP contribution in [0.15, 0.2) is 59.2 Å². The molecule has 1 nitrogen and oxygen atoms in total. The molecule has 0 spiro atoms. The molecule has 1 unspecified atom stereocenters. The van der Waals surface area contributed by atoms with Gasteiger partial charge in [-0.05, 0) is 74.9 Å². The van der Waals surface area contributed by atoms with Gasteiger partial charge in [-0.3, -0.25) is 0 Å². The summed E-state index contributed by atoms with van der Waals surface area (Å²) in [4.78, 5) is 0. The Morgan fingerprint density at radius 1 is 1.18 bits per heavy atom. The highest BCUT2D eigenvalue weighted by molar-refractivity contribution is 5.52. The summed E-state index contributed by atoms with van der Waals surface area (Å²) in [5, 5.41) is 9.94. The van der Waals surface area contributed by atoms with Gasteiger partial charge in [0.05, 0.1) is 0 Å². The van der Waals surface area contributed by atoms with Crippen molar-refractivity contribution in [3.8, 4) is 5.75 Å². The number of aromatic hydroxyl groups is 1. The van der Waals surface area contributed by atoms with Gasteiger partial charge >= 0.3 is 0 Å². The van der Waals surface area contributed by atoms with Gasteiger partial charge in [0.2, 0.25) is 0 Å². The van der Waals surface area contributed by atoms with Crippen LogP contribution >= 0.6 is 0 Å². The molecule has 0 saturated carbocycles. The summed E-state index contributed by atoms with van der Waals surface area (Å²) in [5.41, 5.74) is 7.36. The Morgan fingerprint density at radius 2 is 1.91 bits per heavy atom. The normalized spacial score (nSPS) is 18.5. The van der Waals surface area contributed by atoms with Gasteiger partial charge in [0.25, 0.3) is 0 Å². The number of benzene rings is 1. The average molecular weight is 294 g/mol. The minimum Gasteiger partial charge on any atom is -0.508 e. The highest BCUT2D eigenvalue weighted by Gasteiger charge is 2.21. The number of phenols is 1. The van der Waals surface area contributed by atoms with E-state index in [-0.39, 0.29) is 5.92 Å². The first kappa shape index (κ1) is 16.4. The molecule has 1 aromatic rings. The average Bonchev–Trinajstić information content (AvgIpc) is 2.52. The Labute approximate surface area is 134 Å². The first-order chi connectivity index (χ1) is 10.5. The highest BCUT2D eigenvalue weighted by atomic mass is 16.3. The Morgan fingerprint density at radius 3 is 2.55 bits per heavy atom. The lowest BCUT2D eigenvalue weighted by Crippen LogP contribution is -2.07. The van der Waals surface area contributed by atoms with Crippen LogP contribution in [-0.4, -0.2) is 5.11 Å². The van der Waals surface area contributed by atoms with Gasteiger partial charge in [-0.25, -0.2) is 0 Å². The lowest BCUT2D eigenvalue weighted by Gasteiger charge is -2.25. The first-order valence-corrected chi connectivity index (χ1v) is 7.94. The van der Waals surface area contributed by atoms with Crippen molar-refractivity contribution in [2.45, 2.75) is 47.0 Å². The molecule has 116 valence electrons. The second-order valence-electron chi connectivity index (χ2n) is 6.08. The van der Waals surface area contributed by atoms with Crippen LogP contribution in [0.25, 0.3) is 0 Å². The first-order valence-electron chi connectivity index (χ1n) is 7.94. The number of hydrogen-bond acceptors (Lipinski definition) is 1. The van der Waals surface area contributed by atoms with Crippen molar-refractivity contribution >= 4 is 0 Å². The van der Waals surface area contributed by atoms with E-state index in [9.17, 15) is 5.11 Å². The van der Waals surface area contributed by atoms with E-state index >= 15 is 0 Å². The predicted octanol–water partition coefficient (Wildman–Crippen LogP) is 5.89. The van der Waals surface area contributed by atoms with E-state index in [1.54, 1.807) is 0 Å². The van der Waals surface area contributed by atoms with Gasteiger partial charge in [0.15, 0.2) is 0 Å². The molecule has 0 fully saturated rings. The zero-order valence-corrected chi connectivity index (χ0v) is 14.3. The fraction of sp³-hybridized carbons (Fsp3) is 0.333. The Kier molecular flexibility index (Phi) is 5.07. The fourth-order valence-corrected chi connectivity index (χ4v) is 3.02. The summed E-state index contributed by atoms with van der Waals surface area (Å²) in [5.74, 6) is 0.622. The topological polar surface area (TPSA) is 20.2 Å². The van der Waals surface area contributed by atoms with Crippen LogP contribution in [0.4, 0.5) is 0 Å². The maximum absolute atomic E-state index is 9.94. The van der Waals surface area contributed by atoms with Crippen LogP contribution in [0.3, 0.4) is 0 Å². The standard InChI is InChI=1S/C21H26O/c1-6-14(3)21(18-10-8-9-17(7-2)13-18)19-11-16(5)20(22)12-15(19)4/h6-8,10-13,21-22H,9H2,1-5H3/b14-6-,17-7+. The third-order valence-electron chi connectivity index (χ3n) is 4.53. The van der Waals surface area contributed by atoms with Crippen molar-refractivity contribution in [2.75, 3.05) is 0 Å². The smallest absolute Gasteiger partial charge is 0.118 e. The number of rotatable bonds is 3. The van der Waals surface area contributed by atoms with Crippen molar-refractivity contribution < 1.29 is 5.11 Å². The quantitative estimate of drug-likeness (QED) is 0.689. The minimum absolute atomic E-state index is 0.246. The van der Waals surface area contributed by atoms with E-state index in [2.05, 4.69) is 64.1 Å². The van der Waals surface area contributed by atoms with Crippen molar-refractivity contribution in [3.05, 3.63) is 75.9 Å². The van der Waals surface area contributed by atoms with Crippen LogP contribution < -0.4 is 0 Å². The second kappa shape index (κ2) is 6.83. The number of aryl methyl sites for hydroxylation is 2. The molecule has 1 aliphatic rings. The number of phenolic OH excluding ortho intramolecular Hbond substituents is 1. The van der Waals surface area contributed by atoms with Crippen molar-refractivity contribution in [2.24, 2.45) is 0 Å². The molecule has 0 saturated heterocycles. The zero-order chi connectivity index (χ0) is 16.3. The van der Waals surface area contributed by atoms with Crippen molar-refractivity contribution in [1.82, 2.24) is 0 Å². The minimum atomic E-state index is 0.246. The summed E-state index contributed by atoms with van der Waals surface area (Å²) < 4.78 is 0. The lowest BCUT2D eigenvalue weighted by atomic mass is 9.80. The number of allylic oxidation sites excluding steroid dienone is 8. The zero-order valence-electron chi connectivity index (χ0n) is 14.3. The van der Waals surface area contributed by atoms with E-state index < -0.39 is 0 Å². The molecular weight excluding hydrogens is 268 g/mol. The third-order valence-corrected chi connectivity index (χ3v) is 4.53. The fourth-order valence-electron chi connectivity index (χ4n) is 3.02. The lowest BCUT2D eigenvalue weighted by molar-refractivity contribution is 0.470. The van der Waals surface area contributed by atoms with E-state index in [0.29, 0.717) is 5.75 Å². The van der Waals surface area contributed by atoms with Gasteiger partial charge in [-0.15, -0.1) is 0 Å². The largest absolute Gasteiger partial charge is 0.508 e. The third kappa shape index (κ3) is 3.24. The van der Waals surface area contributed by atoms with Crippen LogP contribution in [0.1, 0.15) is 49.8 Å². The monoisotopic (exact) mass is 294 g/mol. The van der Waals surface area contributed by atoms with Crippen LogP contribution in [0.2, 0.25) is 0 Å². The summed E-state index contributed by atoms with van der Waals surface area (Å²) in [6.45, 7) is 10.4. The molecule has 22 heavy (non-hydrogen) atoms. The van der Waals surface area contributed by atoms with E-state index in [1.807, 2.05) is 13.0 Å². The Bertz CT molecular complexity index is 684. The maximum atomic E-state index is 9.94. The molecule has 0 heterocycles. The molecule has 0 bridgehead atoms. The number of hydrogen-bond donors (Lipinski definition) is 1. The molecule has 1 aliphatic carbocycles. The van der Waals surface area contributed by atoms with E-state index in [1.165, 1.54) is 22.3 Å². The molecule has 1 N–H and O–H groups in total. The van der Waals surface area contributed by atoms with Crippen LogP contribution in [-0.2, 0) is 0 Å². The molecule has 0 amide bonds. The SMILES string of the molecule is C/C=C(/C)C(C1=C/C(=C/C)CC=C1)c1cc(C)c(O)cc1C. The van der Waals surface area contributed by atoms with Crippen LogP contribution in [0.5, 0.6) is 5.75 Å². The summed E-state index contributed by atoms with van der Waals surface area (Å²) >= 11 is 0. The summed E-state index contributed by atoms with van der Waals surface area (Å²) in [7, 11) is 0. The Hall–Kier alpha value is -2.02. The van der Waals surface area contributed by atoms with Gasteiger partial charge in [-0.1, -0.05) is 42.0 Å². The van der Waals surface area contributed by atoms with Gasteiger partial charge in [0, 0.05) is 5.92 Å². The molecule has 0 aromatic heterocycles.